The van der Waals surface area contributed by atoms with E-state index in [0.717, 1.165) is 26.1 Å². The molecule has 0 saturated carbocycles. The predicted octanol–water partition coefficient (Wildman–Crippen LogP) is -1.01. The maximum Gasteiger partial charge on any atom is 0.325 e. The van der Waals surface area contributed by atoms with Gasteiger partial charge in [-0.1, -0.05) is 0 Å². The molecule has 112 valence electrons. The number of likely N-dealkylation sites (N-methyl/N-ethyl adjacent to an activating group) is 1. The number of hydrogen-bond donors (Lipinski definition) is 2. The lowest BCUT2D eigenvalue weighted by molar-refractivity contribution is -0.134. The van der Waals surface area contributed by atoms with Crippen LogP contribution in [0.1, 0.15) is 12.8 Å². The second kappa shape index (κ2) is 5.31. The highest BCUT2D eigenvalue weighted by molar-refractivity contribution is 6.07. The first-order valence-electron chi connectivity index (χ1n) is 7.26. The molecule has 3 saturated heterocycles. The maximum absolute atomic E-state index is 12.6. The van der Waals surface area contributed by atoms with Crippen molar-refractivity contribution >= 4 is 11.9 Å². The fourth-order valence-electron chi connectivity index (χ4n) is 3.22. The molecule has 3 fully saturated rings. The van der Waals surface area contributed by atoms with Gasteiger partial charge >= 0.3 is 6.03 Å². The molecule has 0 bridgehead atoms. The highest BCUT2D eigenvalue weighted by Crippen LogP contribution is 2.25. The third-order valence-corrected chi connectivity index (χ3v) is 4.36. The molecular weight excluding hydrogens is 260 g/mol. The van der Waals surface area contributed by atoms with Crippen molar-refractivity contribution < 1.29 is 14.3 Å². The molecule has 3 rings (SSSR count). The smallest absolute Gasteiger partial charge is 0.325 e. The molecule has 3 aliphatic heterocycles. The molecule has 2 unspecified atom stereocenters. The van der Waals surface area contributed by atoms with Gasteiger partial charge in [-0.15, -0.1) is 0 Å². The number of carbonyl (C=O) groups is 2. The minimum absolute atomic E-state index is 0.0878. The molecule has 0 aromatic heterocycles. The number of ether oxygens (including phenoxy) is 1. The van der Waals surface area contributed by atoms with Crippen LogP contribution in [0.3, 0.4) is 0 Å². The number of imide groups is 1. The van der Waals surface area contributed by atoms with Crippen LogP contribution < -0.4 is 10.6 Å². The van der Waals surface area contributed by atoms with Gasteiger partial charge in [0.05, 0.1) is 19.3 Å². The molecule has 2 atom stereocenters. The van der Waals surface area contributed by atoms with E-state index in [1.54, 1.807) is 0 Å². The Labute approximate surface area is 118 Å². The summed E-state index contributed by atoms with van der Waals surface area (Å²) >= 11 is 0. The first-order chi connectivity index (χ1) is 9.61. The first kappa shape index (κ1) is 13.8. The fourth-order valence-corrected chi connectivity index (χ4v) is 3.22. The molecule has 20 heavy (non-hydrogen) atoms. The Morgan fingerprint density at radius 3 is 3.00 bits per heavy atom. The molecule has 3 heterocycles. The van der Waals surface area contributed by atoms with Gasteiger partial charge in [0.25, 0.3) is 5.91 Å². The van der Waals surface area contributed by atoms with Gasteiger partial charge in [-0.05, 0) is 26.4 Å². The van der Waals surface area contributed by atoms with Gasteiger partial charge in [-0.2, -0.15) is 0 Å². The number of piperidine rings is 1. The number of nitrogens with zero attached hydrogens (tertiary/aromatic N) is 2. The monoisotopic (exact) mass is 282 g/mol. The number of hydrogen-bond acceptors (Lipinski definition) is 5. The predicted molar refractivity (Wildman–Crippen MR) is 72.3 cm³/mol. The van der Waals surface area contributed by atoms with E-state index in [1.165, 1.54) is 4.90 Å². The van der Waals surface area contributed by atoms with E-state index in [9.17, 15) is 9.59 Å². The van der Waals surface area contributed by atoms with Crippen molar-refractivity contribution in [2.24, 2.45) is 0 Å². The van der Waals surface area contributed by atoms with Crippen LogP contribution in [0.2, 0.25) is 0 Å². The summed E-state index contributed by atoms with van der Waals surface area (Å²) in [6.07, 6.45) is 1.53. The number of nitrogens with one attached hydrogen (secondary N) is 2. The van der Waals surface area contributed by atoms with Crippen molar-refractivity contribution in [2.75, 3.05) is 46.4 Å². The lowest BCUT2D eigenvalue weighted by Crippen LogP contribution is -2.57. The number of amides is 3. The third kappa shape index (κ3) is 2.41. The fraction of sp³-hybridized carbons (Fsp3) is 0.846. The largest absolute Gasteiger partial charge is 0.374 e. The molecule has 2 N–H and O–H groups in total. The normalized spacial score (nSPS) is 35.6. The molecule has 3 aliphatic rings. The summed E-state index contributed by atoms with van der Waals surface area (Å²) in [5, 5.41) is 6.07. The maximum atomic E-state index is 12.6. The standard InChI is InChI=1S/C13H22N4O3/c1-16-5-6-20-10(7-16)8-17-11(18)13(15-12(17)19)3-2-4-14-9-13/h10,14H,2-9H2,1H3,(H,15,19). The summed E-state index contributed by atoms with van der Waals surface area (Å²) in [4.78, 5) is 28.2. The summed E-state index contributed by atoms with van der Waals surface area (Å²) in [5.41, 5.74) is -0.726. The zero-order chi connectivity index (χ0) is 14.2. The average molecular weight is 282 g/mol. The minimum Gasteiger partial charge on any atom is -0.374 e. The third-order valence-electron chi connectivity index (χ3n) is 4.36. The molecule has 0 radical (unpaired) electrons. The van der Waals surface area contributed by atoms with Gasteiger partial charge in [0.2, 0.25) is 0 Å². The zero-order valence-electron chi connectivity index (χ0n) is 11.9. The number of morpholine rings is 1. The number of carbonyl (C=O) groups excluding carboxylic acids is 2. The Bertz CT molecular complexity index is 408. The van der Waals surface area contributed by atoms with Gasteiger partial charge in [0, 0.05) is 19.6 Å². The van der Waals surface area contributed by atoms with Gasteiger partial charge < -0.3 is 20.3 Å². The first-order valence-corrected chi connectivity index (χ1v) is 7.26. The van der Waals surface area contributed by atoms with Gasteiger partial charge in [-0.3, -0.25) is 9.69 Å². The van der Waals surface area contributed by atoms with E-state index >= 15 is 0 Å². The molecular formula is C13H22N4O3. The Morgan fingerprint density at radius 1 is 1.45 bits per heavy atom. The Hall–Kier alpha value is -1.18. The Balaban J connectivity index is 1.67. The van der Waals surface area contributed by atoms with E-state index in [2.05, 4.69) is 15.5 Å². The number of rotatable bonds is 2. The molecule has 0 aromatic rings. The van der Waals surface area contributed by atoms with Crippen LogP contribution in [0, 0.1) is 0 Å². The number of urea groups is 1. The zero-order valence-corrected chi connectivity index (χ0v) is 11.9. The van der Waals surface area contributed by atoms with Gasteiger partial charge in [0.15, 0.2) is 0 Å². The van der Waals surface area contributed by atoms with Crippen molar-refractivity contribution in [3.63, 3.8) is 0 Å². The minimum atomic E-state index is -0.726. The SMILES string of the molecule is CN1CCOC(CN2C(=O)NC3(CCCNC3)C2=O)C1. The Morgan fingerprint density at radius 2 is 2.30 bits per heavy atom. The van der Waals surface area contributed by atoms with Gasteiger partial charge in [-0.25, -0.2) is 4.79 Å². The van der Waals surface area contributed by atoms with Crippen molar-refractivity contribution in [1.29, 1.82) is 0 Å². The van der Waals surface area contributed by atoms with Crippen molar-refractivity contribution in [2.45, 2.75) is 24.5 Å². The van der Waals surface area contributed by atoms with Crippen molar-refractivity contribution in [3.8, 4) is 0 Å². The summed E-state index contributed by atoms with van der Waals surface area (Å²) in [5.74, 6) is -0.105. The van der Waals surface area contributed by atoms with Crippen LogP contribution in [-0.2, 0) is 9.53 Å². The lowest BCUT2D eigenvalue weighted by atomic mass is 9.90. The molecule has 7 heteroatoms. The summed E-state index contributed by atoms with van der Waals surface area (Å²) in [6.45, 7) is 4.07. The second-order valence-electron chi connectivity index (χ2n) is 5.96. The topological polar surface area (TPSA) is 73.9 Å². The van der Waals surface area contributed by atoms with Crippen LogP contribution in [0.5, 0.6) is 0 Å². The highest BCUT2D eigenvalue weighted by atomic mass is 16.5. The van der Waals surface area contributed by atoms with Crippen LogP contribution in [0.25, 0.3) is 0 Å². The molecule has 0 aliphatic carbocycles. The van der Waals surface area contributed by atoms with Crippen LogP contribution >= 0.6 is 0 Å². The van der Waals surface area contributed by atoms with Crippen molar-refractivity contribution in [1.82, 2.24) is 20.4 Å². The highest BCUT2D eigenvalue weighted by Gasteiger charge is 2.51. The van der Waals surface area contributed by atoms with Crippen molar-refractivity contribution in [3.05, 3.63) is 0 Å². The van der Waals surface area contributed by atoms with E-state index in [4.69, 9.17) is 4.74 Å². The van der Waals surface area contributed by atoms with E-state index in [0.29, 0.717) is 26.1 Å². The van der Waals surface area contributed by atoms with Crippen LogP contribution in [0.4, 0.5) is 4.79 Å². The van der Waals surface area contributed by atoms with E-state index in [1.807, 2.05) is 7.05 Å². The van der Waals surface area contributed by atoms with Crippen LogP contribution in [-0.4, -0.2) is 79.8 Å². The molecule has 3 amide bonds. The average Bonchev–Trinajstić information content (AvgIpc) is 2.64. The van der Waals surface area contributed by atoms with E-state index in [-0.39, 0.29) is 18.0 Å². The van der Waals surface area contributed by atoms with Gasteiger partial charge in [0.1, 0.15) is 5.54 Å². The lowest BCUT2D eigenvalue weighted by Gasteiger charge is -2.33. The molecule has 0 aromatic carbocycles. The van der Waals surface area contributed by atoms with Crippen LogP contribution in [0.15, 0.2) is 0 Å². The summed E-state index contributed by atoms with van der Waals surface area (Å²) in [6, 6.07) is -0.282. The quantitative estimate of drug-likeness (QED) is 0.635. The Kier molecular flexibility index (Phi) is 3.66. The summed E-state index contributed by atoms with van der Waals surface area (Å²) < 4.78 is 5.65. The molecule has 1 spiro atoms. The molecule has 7 nitrogen and oxygen atoms in total. The summed E-state index contributed by atoms with van der Waals surface area (Å²) in [7, 11) is 2.02. The van der Waals surface area contributed by atoms with E-state index < -0.39 is 5.54 Å². The second-order valence-corrected chi connectivity index (χ2v) is 5.96.